The first kappa shape index (κ1) is 16.9. The van der Waals surface area contributed by atoms with Gasteiger partial charge in [-0.15, -0.1) is 0 Å². The number of carbonyl (C=O) groups is 3. The Labute approximate surface area is 133 Å². The van der Waals surface area contributed by atoms with E-state index in [1.54, 1.807) is 0 Å². The number of amides is 2. The van der Waals surface area contributed by atoms with Crippen LogP contribution < -0.4 is 10.6 Å². The molecule has 1 aliphatic rings. The molecular formula is C16H19FN2O4. The molecule has 0 aromatic heterocycles. The van der Waals surface area contributed by atoms with E-state index >= 15 is 0 Å². The first-order valence-electron chi connectivity index (χ1n) is 7.47. The summed E-state index contributed by atoms with van der Waals surface area (Å²) in [5, 5.41) is 14.0. The van der Waals surface area contributed by atoms with Gasteiger partial charge in [-0.1, -0.05) is 0 Å². The summed E-state index contributed by atoms with van der Waals surface area (Å²) in [4.78, 5) is 34.2. The number of benzene rings is 1. The van der Waals surface area contributed by atoms with E-state index in [-0.39, 0.29) is 23.4 Å². The van der Waals surface area contributed by atoms with Crippen LogP contribution in [0.15, 0.2) is 18.2 Å². The summed E-state index contributed by atoms with van der Waals surface area (Å²) in [6.45, 7) is 1.27. The molecule has 7 heteroatoms. The highest BCUT2D eigenvalue weighted by atomic mass is 19.1. The van der Waals surface area contributed by atoms with Gasteiger partial charge in [0.25, 0.3) is 0 Å². The maximum Gasteiger partial charge on any atom is 0.306 e. The lowest BCUT2D eigenvalue weighted by atomic mass is 9.81. The fourth-order valence-electron chi connectivity index (χ4n) is 2.74. The second kappa shape index (κ2) is 7.21. The highest BCUT2D eigenvalue weighted by Crippen LogP contribution is 2.30. The molecule has 1 aromatic rings. The highest BCUT2D eigenvalue weighted by Gasteiger charge is 2.29. The maximum atomic E-state index is 13.6. The Morgan fingerprint density at radius 2 is 1.70 bits per heavy atom. The van der Waals surface area contributed by atoms with Crippen LogP contribution in [0, 0.1) is 17.7 Å². The lowest BCUT2D eigenvalue weighted by Crippen LogP contribution is -2.29. The zero-order chi connectivity index (χ0) is 17.0. The van der Waals surface area contributed by atoms with Crippen LogP contribution >= 0.6 is 0 Å². The number of carbonyl (C=O) groups excluding carboxylic acids is 2. The van der Waals surface area contributed by atoms with Crippen molar-refractivity contribution in [3.63, 3.8) is 0 Å². The van der Waals surface area contributed by atoms with Gasteiger partial charge in [0, 0.05) is 18.5 Å². The fraction of sp³-hybridized carbons (Fsp3) is 0.438. The summed E-state index contributed by atoms with van der Waals surface area (Å²) in [5.41, 5.74) is 0.394. The number of hydrogen-bond donors (Lipinski definition) is 3. The molecule has 0 saturated heterocycles. The number of carboxylic acids is 1. The number of aliphatic carboxylic acids is 1. The summed E-state index contributed by atoms with van der Waals surface area (Å²) in [5.74, 6) is -2.65. The monoisotopic (exact) mass is 322 g/mol. The molecular weight excluding hydrogens is 303 g/mol. The van der Waals surface area contributed by atoms with Crippen molar-refractivity contribution in [2.24, 2.45) is 11.8 Å². The Balaban J connectivity index is 1.98. The largest absolute Gasteiger partial charge is 0.481 e. The molecule has 1 saturated carbocycles. The van der Waals surface area contributed by atoms with Gasteiger partial charge in [0.1, 0.15) is 5.82 Å². The van der Waals surface area contributed by atoms with E-state index in [9.17, 15) is 18.8 Å². The fourth-order valence-corrected chi connectivity index (χ4v) is 2.74. The molecule has 0 atom stereocenters. The molecule has 0 radical (unpaired) electrons. The number of halogens is 1. The van der Waals surface area contributed by atoms with Gasteiger partial charge in [-0.25, -0.2) is 4.39 Å². The molecule has 0 bridgehead atoms. The van der Waals surface area contributed by atoms with Crippen molar-refractivity contribution >= 4 is 29.2 Å². The van der Waals surface area contributed by atoms with E-state index in [0.717, 1.165) is 0 Å². The average molecular weight is 322 g/mol. The van der Waals surface area contributed by atoms with Gasteiger partial charge in [-0.2, -0.15) is 0 Å². The summed E-state index contributed by atoms with van der Waals surface area (Å²) >= 11 is 0. The number of anilines is 2. The minimum absolute atomic E-state index is 0.00452. The molecule has 0 spiro atoms. The second-order valence-corrected chi connectivity index (χ2v) is 5.75. The summed E-state index contributed by atoms with van der Waals surface area (Å²) in [6, 6.07) is 3.95. The summed E-state index contributed by atoms with van der Waals surface area (Å²) < 4.78 is 13.6. The van der Waals surface area contributed by atoms with Crippen LogP contribution in [-0.2, 0) is 14.4 Å². The van der Waals surface area contributed by atoms with E-state index in [2.05, 4.69) is 10.6 Å². The van der Waals surface area contributed by atoms with Crippen molar-refractivity contribution < 1.29 is 23.9 Å². The van der Waals surface area contributed by atoms with Crippen molar-refractivity contribution in [2.45, 2.75) is 32.6 Å². The van der Waals surface area contributed by atoms with Crippen LogP contribution in [0.3, 0.4) is 0 Å². The third kappa shape index (κ3) is 4.51. The molecule has 23 heavy (non-hydrogen) atoms. The van der Waals surface area contributed by atoms with Gasteiger partial charge in [0.2, 0.25) is 11.8 Å². The van der Waals surface area contributed by atoms with Crippen LogP contribution in [-0.4, -0.2) is 22.9 Å². The molecule has 3 N–H and O–H groups in total. The van der Waals surface area contributed by atoms with Gasteiger partial charge < -0.3 is 15.7 Å². The minimum Gasteiger partial charge on any atom is -0.481 e. The topological polar surface area (TPSA) is 95.5 Å². The molecule has 0 unspecified atom stereocenters. The van der Waals surface area contributed by atoms with Crippen LogP contribution in [0.1, 0.15) is 32.6 Å². The first-order chi connectivity index (χ1) is 10.9. The molecule has 0 heterocycles. The van der Waals surface area contributed by atoms with E-state index in [1.807, 2.05) is 0 Å². The first-order valence-corrected chi connectivity index (χ1v) is 7.47. The predicted octanol–water partition coefficient (Wildman–Crippen LogP) is 2.61. The zero-order valence-corrected chi connectivity index (χ0v) is 12.8. The summed E-state index contributed by atoms with van der Waals surface area (Å²) in [7, 11) is 0. The number of carboxylic acid groups (broad SMARTS) is 1. The Morgan fingerprint density at radius 3 is 2.26 bits per heavy atom. The third-order valence-electron chi connectivity index (χ3n) is 3.99. The van der Waals surface area contributed by atoms with Gasteiger partial charge in [0.05, 0.1) is 11.6 Å². The lowest BCUT2D eigenvalue weighted by molar-refractivity contribution is -0.143. The molecule has 2 rings (SSSR count). The molecule has 124 valence electrons. The smallest absolute Gasteiger partial charge is 0.306 e. The van der Waals surface area contributed by atoms with E-state index < -0.39 is 17.7 Å². The predicted molar refractivity (Wildman–Crippen MR) is 82.4 cm³/mol. The Hall–Kier alpha value is -2.44. The molecule has 0 aliphatic heterocycles. The van der Waals surface area contributed by atoms with Crippen LogP contribution in [0.5, 0.6) is 0 Å². The molecule has 2 amide bonds. The van der Waals surface area contributed by atoms with Crippen LogP contribution in [0.25, 0.3) is 0 Å². The summed E-state index contributed by atoms with van der Waals surface area (Å²) in [6.07, 6.45) is 1.99. The number of hydrogen-bond acceptors (Lipinski definition) is 3. The SMILES string of the molecule is CC(=O)Nc1cc(NC(=O)C2CCC(C(=O)O)CC2)ccc1F. The molecule has 6 nitrogen and oxygen atoms in total. The number of rotatable bonds is 4. The van der Waals surface area contributed by atoms with Crippen molar-refractivity contribution in [3.05, 3.63) is 24.0 Å². The zero-order valence-electron chi connectivity index (χ0n) is 12.8. The third-order valence-corrected chi connectivity index (χ3v) is 3.99. The van der Waals surface area contributed by atoms with Gasteiger partial charge in [0.15, 0.2) is 0 Å². The van der Waals surface area contributed by atoms with Crippen LogP contribution in [0.4, 0.5) is 15.8 Å². The highest BCUT2D eigenvalue weighted by molar-refractivity contribution is 5.94. The standard InChI is InChI=1S/C16H19FN2O4/c1-9(20)18-14-8-12(6-7-13(14)17)19-15(21)10-2-4-11(5-3-10)16(22)23/h6-8,10-11H,2-5H2,1H3,(H,18,20)(H,19,21)(H,22,23). The van der Waals surface area contributed by atoms with Gasteiger partial charge >= 0.3 is 5.97 Å². The Kier molecular flexibility index (Phi) is 5.31. The molecule has 1 fully saturated rings. The van der Waals surface area contributed by atoms with E-state index in [4.69, 9.17) is 5.11 Å². The van der Waals surface area contributed by atoms with Crippen LogP contribution in [0.2, 0.25) is 0 Å². The van der Waals surface area contributed by atoms with Crippen molar-refractivity contribution in [1.29, 1.82) is 0 Å². The normalized spacial score (nSPS) is 20.6. The molecule has 1 aliphatic carbocycles. The van der Waals surface area contributed by atoms with E-state index in [1.165, 1.54) is 25.1 Å². The minimum atomic E-state index is -0.817. The quantitative estimate of drug-likeness (QED) is 0.794. The van der Waals surface area contributed by atoms with Crippen molar-refractivity contribution in [2.75, 3.05) is 10.6 Å². The van der Waals surface area contributed by atoms with Gasteiger partial charge in [-0.3, -0.25) is 14.4 Å². The van der Waals surface area contributed by atoms with E-state index in [0.29, 0.717) is 31.4 Å². The molecule has 1 aromatic carbocycles. The van der Waals surface area contributed by atoms with Crippen molar-refractivity contribution in [1.82, 2.24) is 0 Å². The Morgan fingerprint density at radius 1 is 1.09 bits per heavy atom. The van der Waals surface area contributed by atoms with Crippen molar-refractivity contribution in [3.8, 4) is 0 Å². The average Bonchev–Trinajstić information content (AvgIpc) is 2.50. The van der Waals surface area contributed by atoms with Gasteiger partial charge in [-0.05, 0) is 43.9 Å². The Bertz CT molecular complexity index is 625. The lowest BCUT2D eigenvalue weighted by Gasteiger charge is -2.25. The second-order valence-electron chi connectivity index (χ2n) is 5.75. The maximum absolute atomic E-state index is 13.6. The number of nitrogens with one attached hydrogen (secondary N) is 2.